The van der Waals surface area contributed by atoms with Crippen molar-refractivity contribution in [1.82, 2.24) is 0 Å². The van der Waals surface area contributed by atoms with E-state index in [1.807, 2.05) is 13.8 Å². The molecule has 0 spiro atoms. The van der Waals surface area contributed by atoms with Gasteiger partial charge in [-0.2, -0.15) is 0 Å². The Morgan fingerprint density at radius 1 is 1.43 bits per heavy atom. The third-order valence-corrected chi connectivity index (χ3v) is 4.26. The fourth-order valence-corrected chi connectivity index (χ4v) is 2.35. The fourth-order valence-electron chi connectivity index (χ4n) is 2.35. The van der Waals surface area contributed by atoms with Crippen molar-refractivity contribution in [2.45, 2.75) is 59.0 Å². The lowest BCUT2D eigenvalue weighted by Gasteiger charge is -2.37. The molecular formula is C12H22O2. The van der Waals surface area contributed by atoms with Crippen molar-refractivity contribution in [2.75, 3.05) is 0 Å². The van der Waals surface area contributed by atoms with Gasteiger partial charge >= 0.3 is 0 Å². The van der Waals surface area contributed by atoms with E-state index in [4.69, 9.17) is 0 Å². The number of rotatable bonds is 3. The van der Waals surface area contributed by atoms with Gasteiger partial charge in [-0.1, -0.05) is 20.8 Å². The van der Waals surface area contributed by atoms with Crippen LogP contribution in [0.25, 0.3) is 0 Å². The number of carbonyl (C=O) groups excluding carboxylic acids is 1. The van der Waals surface area contributed by atoms with Crippen molar-refractivity contribution in [1.29, 1.82) is 0 Å². The van der Waals surface area contributed by atoms with Gasteiger partial charge in [-0.05, 0) is 31.1 Å². The molecule has 0 aromatic heterocycles. The summed E-state index contributed by atoms with van der Waals surface area (Å²) in [5.41, 5.74) is -0.733. The molecule has 0 aliphatic heterocycles. The van der Waals surface area contributed by atoms with Gasteiger partial charge in [-0.15, -0.1) is 0 Å². The Morgan fingerprint density at radius 3 is 2.36 bits per heavy atom. The first-order chi connectivity index (χ1) is 6.31. The molecule has 1 aliphatic carbocycles. The zero-order valence-electron chi connectivity index (χ0n) is 9.76. The van der Waals surface area contributed by atoms with Crippen molar-refractivity contribution >= 4 is 5.78 Å². The molecule has 1 fully saturated rings. The molecule has 1 rings (SSSR count). The highest BCUT2D eigenvalue weighted by Crippen LogP contribution is 2.51. The van der Waals surface area contributed by atoms with E-state index in [0.29, 0.717) is 24.5 Å². The predicted molar refractivity (Wildman–Crippen MR) is 57.0 cm³/mol. The van der Waals surface area contributed by atoms with E-state index in [2.05, 4.69) is 13.8 Å². The third-order valence-electron chi connectivity index (χ3n) is 4.26. The van der Waals surface area contributed by atoms with Crippen molar-refractivity contribution in [2.24, 2.45) is 11.3 Å². The zero-order valence-corrected chi connectivity index (χ0v) is 9.76. The molecule has 1 aliphatic rings. The van der Waals surface area contributed by atoms with Gasteiger partial charge in [0, 0.05) is 12.8 Å². The maximum Gasteiger partial charge on any atom is 0.132 e. The smallest absolute Gasteiger partial charge is 0.132 e. The molecule has 2 heteroatoms. The quantitative estimate of drug-likeness (QED) is 0.756. The van der Waals surface area contributed by atoms with Crippen LogP contribution in [0.5, 0.6) is 0 Å². The van der Waals surface area contributed by atoms with Crippen LogP contribution >= 0.6 is 0 Å². The third kappa shape index (κ3) is 1.85. The minimum atomic E-state index is -0.605. The molecule has 82 valence electrons. The van der Waals surface area contributed by atoms with Crippen LogP contribution in [0.4, 0.5) is 0 Å². The highest BCUT2D eigenvalue weighted by molar-refractivity contribution is 5.78. The lowest BCUT2D eigenvalue weighted by atomic mass is 9.72. The Bertz CT molecular complexity index is 228. The summed E-state index contributed by atoms with van der Waals surface area (Å²) < 4.78 is 0. The van der Waals surface area contributed by atoms with E-state index in [0.717, 1.165) is 12.8 Å². The van der Waals surface area contributed by atoms with Gasteiger partial charge in [0.1, 0.15) is 5.78 Å². The van der Waals surface area contributed by atoms with Gasteiger partial charge < -0.3 is 5.11 Å². The molecule has 0 bridgehead atoms. The molecular weight excluding hydrogens is 176 g/mol. The Balaban J connectivity index is 2.70. The first-order valence-electron chi connectivity index (χ1n) is 5.55. The molecule has 1 saturated carbocycles. The topological polar surface area (TPSA) is 37.3 Å². The first kappa shape index (κ1) is 11.7. The summed E-state index contributed by atoms with van der Waals surface area (Å²) >= 11 is 0. The molecule has 0 aromatic rings. The minimum absolute atomic E-state index is 0.127. The second kappa shape index (κ2) is 3.65. The largest absolute Gasteiger partial charge is 0.390 e. The molecule has 0 heterocycles. The van der Waals surface area contributed by atoms with Gasteiger partial charge in [-0.3, -0.25) is 4.79 Å². The molecule has 0 radical (unpaired) electrons. The Labute approximate surface area is 86.7 Å². The molecule has 0 aromatic carbocycles. The number of hydrogen-bond acceptors (Lipinski definition) is 2. The van der Waals surface area contributed by atoms with E-state index in [1.165, 1.54) is 0 Å². The summed E-state index contributed by atoms with van der Waals surface area (Å²) in [5.74, 6) is 0.672. The van der Waals surface area contributed by atoms with Gasteiger partial charge in [0.05, 0.1) is 5.60 Å². The van der Waals surface area contributed by atoms with Crippen LogP contribution in [-0.2, 0) is 4.79 Å². The van der Waals surface area contributed by atoms with E-state index in [-0.39, 0.29) is 5.41 Å². The maximum absolute atomic E-state index is 11.4. The molecule has 14 heavy (non-hydrogen) atoms. The highest BCUT2D eigenvalue weighted by atomic mass is 16.3. The maximum atomic E-state index is 11.4. The molecule has 2 atom stereocenters. The van der Waals surface area contributed by atoms with Crippen molar-refractivity contribution in [3.63, 3.8) is 0 Å². The average Bonchev–Trinajstić information content (AvgIpc) is 2.28. The normalized spacial score (nSPS) is 35.9. The lowest BCUT2D eigenvalue weighted by molar-refractivity contribution is -0.121. The van der Waals surface area contributed by atoms with Crippen LogP contribution in [0.3, 0.4) is 0 Å². The summed E-state index contributed by atoms with van der Waals surface area (Å²) in [4.78, 5) is 11.4. The number of ketones is 1. The molecule has 0 saturated heterocycles. The van der Waals surface area contributed by atoms with Crippen LogP contribution in [-0.4, -0.2) is 16.5 Å². The second-order valence-corrected chi connectivity index (χ2v) is 5.33. The van der Waals surface area contributed by atoms with E-state index < -0.39 is 5.60 Å². The lowest BCUT2D eigenvalue weighted by Crippen LogP contribution is -2.40. The second-order valence-electron chi connectivity index (χ2n) is 5.33. The van der Waals surface area contributed by atoms with Crippen LogP contribution in [0, 0.1) is 11.3 Å². The first-order valence-corrected chi connectivity index (χ1v) is 5.55. The van der Waals surface area contributed by atoms with Crippen LogP contribution < -0.4 is 0 Å². The van der Waals surface area contributed by atoms with Crippen molar-refractivity contribution in [3.8, 4) is 0 Å². The summed E-state index contributed by atoms with van der Waals surface area (Å²) in [5, 5.41) is 10.2. The number of Topliss-reactive ketones (excluding diaryl/α,β-unsaturated/α-hetero) is 1. The standard InChI is InChI=1S/C12H22O2/c1-5-10(13)8-9-6-7-12(4,14)11(9,2)3/h9,14H,5-8H2,1-4H3. The number of carbonyl (C=O) groups is 1. The SMILES string of the molecule is CCC(=O)CC1CCC(C)(O)C1(C)C. The number of hydrogen-bond donors (Lipinski definition) is 1. The van der Waals surface area contributed by atoms with E-state index in [1.54, 1.807) is 0 Å². The molecule has 2 unspecified atom stereocenters. The summed E-state index contributed by atoms with van der Waals surface area (Å²) in [6.45, 7) is 7.95. The molecule has 2 nitrogen and oxygen atoms in total. The van der Waals surface area contributed by atoms with Gasteiger partial charge in [0.15, 0.2) is 0 Å². The minimum Gasteiger partial charge on any atom is -0.390 e. The molecule has 1 N–H and O–H groups in total. The summed E-state index contributed by atoms with van der Waals surface area (Å²) in [7, 11) is 0. The Morgan fingerprint density at radius 2 is 2.00 bits per heavy atom. The van der Waals surface area contributed by atoms with E-state index in [9.17, 15) is 9.90 Å². The van der Waals surface area contributed by atoms with E-state index >= 15 is 0 Å². The van der Waals surface area contributed by atoms with Crippen LogP contribution in [0.1, 0.15) is 53.4 Å². The van der Waals surface area contributed by atoms with Gasteiger partial charge in [-0.25, -0.2) is 0 Å². The predicted octanol–water partition coefficient (Wildman–Crippen LogP) is 2.54. The fraction of sp³-hybridized carbons (Fsp3) is 0.917. The average molecular weight is 198 g/mol. The Kier molecular flexibility index (Phi) is 3.05. The van der Waals surface area contributed by atoms with Crippen molar-refractivity contribution in [3.05, 3.63) is 0 Å². The summed E-state index contributed by atoms with van der Waals surface area (Å²) in [6.07, 6.45) is 3.06. The van der Waals surface area contributed by atoms with Crippen LogP contribution in [0.2, 0.25) is 0 Å². The number of aliphatic hydroxyl groups is 1. The Hall–Kier alpha value is -0.370. The monoisotopic (exact) mass is 198 g/mol. The van der Waals surface area contributed by atoms with Crippen LogP contribution in [0.15, 0.2) is 0 Å². The highest BCUT2D eigenvalue weighted by Gasteiger charge is 2.50. The van der Waals surface area contributed by atoms with Gasteiger partial charge in [0.25, 0.3) is 0 Å². The summed E-state index contributed by atoms with van der Waals surface area (Å²) in [6, 6.07) is 0. The van der Waals surface area contributed by atoms with Gasteiger partial charge in [0.2, 0.25) is 0 Å². The molecule has 0 amide bonds. The zero-order chi connectivity index (χ0) is 11.0. The van der Waals surface area contributed by atoms with Crippen molar-refractivity contribution < 1.29 is 9.90 Å².